The van der Waals surface area contributed by atoms with Gasteiger partial charge < -0.3 is 18.6 Å². The average molecular weight is 1130 g/mol. The normalized spacial score (nSPS) is 12.7. The number of anilines is 6. The Bertz CT molecular complexity index is 4890. The lowest BCUT2D eigenvalue weighted by Crippen LogP contribution is -2.29. The van der Waals surface area contributed by atoms with E-state index < -0.39 is 5.41 Å². The Balaban J connectivity index is 1.11. The van der Waals surface area contributed by atoms with Gasteiger partial charge in [-0.05, 0) is 179 Å². The first-order valence-electron chi connectivity index (χ1n) is 30.7. The summed E-state index contributed by atoms with van der Waals surface area (Å²) in [6.07, 6.45) is 0. The van der Waals surface area contributed by atoms with E-state index >= 15 is 0 Å². The van der Waals surface area contributed by atoms with E-state index in [0.29, 0.717) is 11.8 Å². The highest BCUT2D eigenvalue weighted by molar-refractivity contribution is 6.26. The Hall–Kier alpha value is -10.2. The molecule has 14 aromatic rings. The minimum atomic E-state index is -0.919. The molecular weight excluding hydrogens is 1060 g/mol. The van der Waals surface area contributed by atoms with Crippen LogP contribution in [-0.2, 0) is 5.41 Å². The molecule has 0 bridgehead atoms. The van der Waals surface area contributed by atoms with Crippen LogP contribution < -0.4 is 9.80 Å². The van der Waals surface area contributed by atoms with E-state index in [1.54, 1.807) is 0 Å². The summed E-state index contributed by atoms with van der Waals surface area (Å²) in [6.45, 7) is 17.8. The van der Waals surface area contributed by atoms with E-state index in [1.807, 2.05) is 0 Å². The van der Waals surface area contributed by atoms with Crippen LogP contribution in [0.1, 0.15) is 95.2 Å². The van der Waals surface area contributed by atoms with E-state index in [2.05, 4.69) is 320 Å². The van der Waals surface area contributed by atoms with Gasteiger partial charge in [0.05, 0.1) is 22.2 Å². The molecule has 0 fully saturated rings. The van der Waals surface area contributed by atoms with Gasteiger partial charge in [0, 0.05) is 50.0 Å². The summed E-state index contributed by atoms with van der Waals surface area (Å²) >= 11 is 0. The predicted octanol–water partition coefficient (Wildman–Crippen LogP) is 23.6. The van der Waals surface area contributed by atoms with Gasteiger partial charge in [0.15, 0.2) is 5.58 Å². The average Bonchev–Trinajstić information content (AvgIpc) is 1.52. The first-order chi connectivity index (χ1) is 42.4. The first kappa shape index (κ1) is 53.6. The van der Waals surface area contributed by atoms with Crippen LogP contribution in [-0.4, -0.2) is 0 Å². The van der Waals surface area contributed by atoms with Gasteiger partial charge in [-0.3, -0.25) is 0 Å². The van der Waals surface area contributed by atoms with Crippen molar-refractivity contribution in [3.05, 3.63) is 310 Å². The molecule has 1 aliphatic rings. The molecule has 422 valence electrons. The van der Waals surface area contributed by atoms with Crippen molar-refractivity contribution in [3.8, 4) is 33.4 Å². The standard InChI is InChI=1S/C83H68N2O2/c1-51(2)57-37-43-63(44-38-57)84(65-41-31-55(7)69(47-65)59-33-27-53(5)28-34-59)73-49-72-80(82-77(73)67-23-15-17-25-75(67)87-82)79-71(83(72,61-19-11-9-12-20-61)62-21-13-10-14-22-62)50-74(81-78(79)68-24-16-18-26-76(68)86-81)85(64-45-39-58(40-46-64)52(3)4)66-42-32-56(8)70(48-66)60-35-29-54(6)30-36-60/h9-52H,1-8H3. The van der Waals surface area contributed by atoms with Crippen LogP contribution in [0.2, 0.25) is 0 Å². The van der Waals surface area contributed by atoms with Crippen molar-refractivity contribution in [1.29, 1.82) is 0 Å². The molecular formula is C83H68N2O2. The number of nitrogens with zero attached hydrogens (tertiary/aromatic N) is 2. The van der Waals surface area contributed by atoms with Crippen molar-refractivity contribution in [2.75, 3.05) is 9.80 Å². The molecule has 15 rings (SSSR count). The van der Waals surface area contributed by atoms with Crippen molar-refractivity contribution in [3.63, 3.8) is 0 Å². The lowest BCUT2D eigenvalue weighted by molar-refractivity contribution is 0.668. The predicted molar refractivity (Wildman–Crippen MR) is 366 cm³/mol. The lowest BCUT2D eigenvalue weighted by atomic mass is 9.67. The molecule has 0 spiro atoms. The second-order valence-corrected chi connectivity index (χ2v) is 24.6. The van der Waals surface area contributed by atoms with E-state index in [1.165, 1.54) is 55.6 Å². The summed E-state index contributed by atoms with van der Waals surface area (Å²) < 4.78 is 15.1. The molecule has 0 aliphatic heterocycles. The molecule has 0 atom stereocenters. The fourth-order valence-corrected chi connectivity index (χ4v) is 14.0. The second-order valence-electron chi connectivity index (χ2n) is 24.6. The van der Waals surface area contributed by atoms with Crippen LogP contribution in [0, 0.1) is 27.7 Å². The fourth-order valence-electron chi connectivity index (χ4n) is 14.0. The van der Waals surface area contributed by atoms with Crippen LogP contribution in [0.25, 0.3) is 77.3 Å². The van der Waals surface area contributed by atoms with Crippen LogP contribution in [0.3, 0.4) is 0 Å². The number of hydrogen-bond donors (Lipinski definition) is 0. The zero-order valence-electron chi connectivity index (χ0n) is 50.6. The Morgan fingerprint density at radius 3 is 1.23 bits per heavy atom. The molecule has 2 heterocycles. The lowest BCUT2D eigenvalue weighted by Gasteiger charge is -2.36. The molecule has 0 unspecified atom stereocenters. The maximum absolute atomic E-state index is 7.64. The number of rotatable bonds is 12. The summed E-state index contributed by atoms with van der Waals surface area (Å²) in [6, 6.07) is 94.8. The number of furan rings is 2. The van der Waals surface area contributed by atoms with Gasteiger partial charge in [-0.1, -0.05) is 221 Å². The van der Waals surface area contributed by atoms with Crippen molar-refractivity contribution in [2.24, 2.45) is 0 Å². The monoisotopic (exact) mass is 1120 g/mol. The summed E-state index contributed by atoms with van der Waals surface area (Å²) in [7, 11) is 0. The van der Waals surface area contributed by atoms with Gasteiger partial charge in [0.25, 0.3) is 0 Å². The zero-order valence-corrected chi connectivity index (χ0v) is 50.6. The van der Waals surface area contributed by atoms with Crippen LogP contribution in [0.4, 0.5) is 34.1 Å². The molecule has 0 saturated heterocycles. The number of para-hydroxylation sites is 2. The molecule has 87 heavy (non-hydrogen) atoms. The number of hydrogen-bond acceptors (Lipinski definition) is 4. The maximum atomic E-state index is 7.64. The van der Waals surface area contributed by atoms with Crippen LogP contribution >= 0.6 is 0 Å². The summed E-state index contributed by atoms with van der Waals surface area (Å²) in [4.78, 5) is 4.94. The quantitative estimate of drug-likeness (QED) is 0.122. The van der Waals surface area contributed by atoms with Crippen molar-refractivity contribution >= 4 is 78.0 Å². The molecule has 0 saturated carbocycles. The highest BCUT2D eigenvalue weighted by Crippen LogP contribution is 2.64. The second kappa shape index (κ2) is 21.1. The minimum Gasteiger partial charge on any atom is -0.455 e. The molecule has 12 aromatic carbocycles. The Morgan fingerprint density at radius 1 is 0.345 bits per heavy atom. The van der Waals surface area contributed by atoms with Crippen molar-refractivity contribution < 1.29 is 8.83 Å². The van der Waals surface area contributed by atoms with Gasteiger partial charge in [-0.2, -0.15) is 0 Å². The van der Waals surface area contributed by atoms with E-state index in [0.717, 1.165) is 111 Å². The number of benzene rings is 12. The van der Waals surface area contributed by atoms with E-state index in [9.17, 15) is 0 Å². The number of aryl methyl sites for hydroxylation is 4. The fraction of sp³-hybridized carbons (Fsp3) is 0.133. The third-order valence-electron chi connectivity index (χ3n) is 18.5. The summed E-state index contributed by atoms with van der Waals surface area (Å²) in [5.41, 5.74) is 27.3. The van der Waals surface area contributed by atoms with Gasteiger partial charge >= 0.3 is 0 Å². The smallest absolute Gasteiger partial charge is 0.160 e. The third kappa shape index (κ3) is 8.71. The zero-order chi connectivity index (χ0) is 59.2. The molecule has 4 nitrogen and oxygen atoms in total. The third-order valence-corrected chi connectivity index (χ3v) is 18.5. The Labute approximate surface area is 510 Å². The largest absolute Gasteiger partial charge is 0.455 e. The highest BCUT2D eigenvalue weighted by Gasteiger charge is 2.50. The van der Waals surface area contributed by atoms with E-state index in [-0.39, 0.29) is 0 Å². The Kier molecular flexibility index (Phi) is 13.0. The molecule has 1 aliphatic carbocycles. The topological polar surface area (TPSA) is 32.8 Å². The van der Waals surface area contributed by atoms with Gasteiger partial charge in [-0.25, -0.2) is 0 Å². The maximum Gasteiger partial charge on any atom is 0.160 e. The minimum absolute atomic E-state index is 0.356. The van der Waals surface area contributed by atoms with Crippen LogP contribution in [0.5, 0.6) is 0 Å². The van der Waals surface area contributed by atoms with Crippen molar-refractivity contribution in [1.82, 2.24) is 0 Å². The number of fused-ring (bicyclic) bond motifs is 11. The highest BCUT2D eigenvalue weighted by atomic mass is 16.3. The first-order valence-corrected chi connectivity index (χ1v) is 30.7. The molecule has 0 amide bonds. The summed E-state index contributed by atoms with van der Waals surface area (Å²) in [5, 5.41) is 4.16. The van der Waals surface area contributed by atoms with Crippen molar-refractivity contribution in [2.45, 2.75) is 72.6 Å². The summed E-state index contributed by atoms with van der Waals surface area (Å²) in [5.74, 6) is 0.715. The molecule has 0 radical (unpaired) electrons. The molecule has 2 aromatic heterocycles. The van der Waals surface area contributed by atoms with Gasteiger partial charge in [0.2, 0.25) is 0 Å². The van der Waals surface area contributed by atoms with E-state index in [4.69, 9.17) is 8.83 Å². The SMILES string of the molecule is Cc1ccc(-c2cc(N(c3ccc(C(C)C)cc3)c3cc4c(c5c3oc3ccccc35)-c3c(cc(N(c5ccc(C(C)C)cc5)c5ccc(C)c(-c6ccc(C)cc6)c5)c5c3oc3ccccc35)C4(c3ccccc3)c3ccccc3)ccc2C)cc1. The Morgan fingerprint density at radius 2 is 0.747 bits per heavy atom. The van der Waals surface area contributed by atoms with Gasteiger partial charge in [-0.15, -0.1) is 0 Å². The molecule has 4 heteroatoms. The van der Waals surface area contributed by atoms with Gasteiger partial charge in [0.1, 0.15) is 16.7 Å². The van der Waals surface area contributed by atoms with Crippen LogP contribution in [0.15, 0.2) is 264 Å². The molecule has 0 N–H and O–H groups in total.